The van der Waals surface area contributed by atoms with Gasteiger partial charge in [0.1, 0.15) is 6.04 Å². The Morgan fingerprint density at radius 3 is 2.38 bits per heavy atom. The molecule has 0 aliphatic rings. The van der Waals surface area contributed by atoms with Crippen molar-refractivity contribution in [3.8, 4) is 0 Å². The Hall–Kier alpha value is -1.88. The number of amides is 1. The van der Waals surface area contributed by atoms with E-state index in [0.717, 1.165) is 5.56 Å². The fraction of sp³-hybridized carbons (Fsp3) is 0.273. The number of carboxylic acids is 1. The maximum Gasteiger partial charge on any atom is 0.320 e. The Morgan fingerprint density at radius 2 is 1.94 bits per heavy atom. The highest BCUT2D eigenvalue weighted by Gasteiger charge is 2.09. The van der Waals surface area contributed by atoms with Crippen molar-refractivity contribution < 1.29 is 14.7 Å². The van der Waals surface area contributed by atoms with Gasteiger partial charge in [-0.1, -0.05) is 12.1 Å². The van der Waals surface area contributed by atoms with Crippen molar-refractivity contribution in [1.82, 2.24) is 5.32 Å². The third-order valence-corrected chi connectivity index (χ3v) is 2.22. The van der Waals surface area contributed by atoms with E-state index < -0.39 is 17.9 Å². The molecule has 0 fully saturated rings. The first-order valence-electron chi connectivity index (χ1n) is 4.85. The van der Waals surface area contributed by atoms with E-state index in [1.165, 1.54) is 0 Å². The number of carbonyl (C=O) groups excluding carboxylic acids is 1. The molecular formula is C11H14N2O3. The zero-order valence-electron chi connectivity index (χ0n) is 8.93. The van der Waals surface area contributed by atoms with Crippen molar-refractivity contribution in [2.45, 2.75) is 19.5 Å². The van der Waals surface area contributed by atoms with Crippen LogP contribution in [0.3, 0.4) is 0 Å². The highest BCUT2D eigenvalue weighted by molar-refractivity contribution is 5.92. The van der Waals surface area contributed by atoms with E-state index >= 15 is 0 Å². The van der Waals surface area contributed by atoms with Gasteiger partial charge in [0, 0.05) is 12.1 Å². The van der Waals surface area contributed by atoms with Gasteiger partial charge in [-0.2, -0.15) is 0 Å². The highest BCUT2D eigenvalue weighted by Crippen LogP contribution is 2.03. The van der Waals surface area contributed by atoms with Gasteiger partial charge in [-0.25, -0.2) is 0 Å². The number of hydrogen-bond donors (Lipinski definition) is 3. The summed E-state index contributed by atoms with van der Waals surface area (Å²) in [5, 5.41) is 11.5. The number of nitrogens with two attached hydrogens (primary N) is 1. The molecular weight excluding hydrogens is 208 g/mol. The largest absolute Gasteiger partial charge is 0.480 e. The average Bonchev–Trinajstić information content (AvgIpc) is 2.26. The molecule has 4 N–H and O–H groups in total. The first-order valence-corrected chi connectivity index (χ1v) is 4.85. The molecule has 5 nitrogen and oxygen atoms in total. The molecule has 1 aromatic carbocycles. The van der Waals surface area contributed by atoms with Crippen LogP contribution in [0.2, 0.25) is 0 Å². The number of hydrogen-bond acceptors (Lipinski definition) is 3. The standard InChI is InChI=1S/C11H14N2O3/c1-7(11(15)16)13-6-8-2-4-9(5-3-8)10(12)14/h2-5,7,13H,6H2,1H3,(H2,12,14)(H,15,16)/t7-/m1/s1. The number of nitrogens with one attached hydrogen (secondary N) is 1. The zero-order valence-corrected chi connectivity index (χ0v) is 8.93. The molecule has 1 atom stereocenters. The molecule has 1 aromatic rings. The lowest BCUT2D eigenvalue weighted by atomic mass is 10.1. The van der Waals surface area contributed by atoms with Crippen LogP contribution in [-0.2, 0) is 11.3 Å². The summed E-state index contributed by atoms with van der Waals surface area (Å²) in [4.78, 5) is 21.3. The van der Waals surface area contributed by atoms with E-state index in [1.54, 1.807) is 31.2 Å². The van der Waals surface area contributed by atoms with Crippen molar-refractivity contribution in [2.24, 2.45) is 5.73 Å². The zero-order chi connectivity index (χ0) is 12.1. The number of aliphatic carboxylic acids is 1. The number of primary amides is 1. The predicted octanol–water partition coefficient (Wildman–Crippen LogP) is 0.348. The lowest BCUT2D eigenvalue weighted by Crippen LogP contribution is -2.33. The molecule has 0 aliphatic heterocycles. The second kappa shape index (κ2) is 5.27. The van der Waals surface area contributed by atoms with Crippen LogP contribution in [0.1, 0.15) is 22.8 Å². The SMILES string of the molecule is C[C@@H](NCc1ccc(C(N)=O)cc1)C(=O)O. The van der Waals surface area contributed by atoms with Crippen molar-refractivity contribution in [1.29, 1.82) is 0 Å². The molecule has 5 heteroatoms. The van der Waals surface area contributed by atoms with Gasteiger partial charge in [-0.05, 0) is 24.6 Å². The van der Waals surface area contributed by atoms with Crippen LogP contribution < -0.4 is 11.1 Å². The van der Waals surface area contributed by atoms with Crippen LogP contribution in [0.5, 0.6) is 0 Å². The molecule has 86 valence electrons. The molecule has 0 bridgehead atoms. The molecule has 0 heterocycles. The Balaban J connectivity index is 2.56. The Kier molecular flexibility index (Phi) is 4.02. The molecule has 16 heavy (non-hydrogen) atoms. The van der Waals surface area contributed by atoms with E-state index in [4.69, 9.17) is 10.8 Å². The molecule has 0 aromatic heterocycles. The topological polar surface area (TPSA) is 92.4 Å². The summed E-state index contributed by atoms with van der Waals surface area (Å²) in [5.74, 6) is -1.37. The summed E-state index contributed by atoms with van der Waals surface area (Å²) in [7, 11) is 0. The van der Waals surface area contributed by atoms with Gasteiger partial charge in [0.2, 0.25) is 5.91 Å². The number of carboxylic acid groups (broad SMARTS) is 1. The van der Waals surface area contributed by atoms with Crippen LogP contribution in [0.15, 0.2) is 24.3 Å². The van der Waals surface area contributed by atoms with Gasteiger partial charge in [-0.15, -0.1) is 0 Å². The second-order valence-corrected chi connectivity index (χ2v) is 3.50. The Labute approximate surface area is 93.3 Å². The van der Waals surface area contributed by atoms with E-state index in [2.05, 4.69) is 5.32 Å². The fourth-order valence-corrected chi connectivity index (χ4v) is 1.15. The summed E-state index contributed by atoms with van der Waals surface area (Å²) < 4.78 is 0. The van der Waals surface area contributed by atoms with Gasteiger partial charge < -0.3 is 16.2 Å². The lowest BCUT2D eigenvalue weighted by Gasteiger charge is -2.08. The average molecular weight is 222 g/mol. The highest BCUT2D eigenvalue weighted by atomic mass is 16.4. The summed E-state index contributed by atoms with van der Waals surface area (Å²) >= 11 is 0. The normalized spacial score (nSPS) is 12.1. The minimum absolute atomic E-state index is 0.437. The van der Waals surface area contributed by atoms with Crippen LogP contribution in [0.25, 0.3) is 0 Å². The first kappa shape index (κ1) is 12.2. The summed E-state index contributed by atoms with van der Waals surface area (Å²) in [5.41, 5.74) is 6.43. The van der Waals surface area contributed by atoms with E-state index in [9.17, 15) is 9.59 Å². The van der Waals surface area contributed by atoms with E-state index in [0.29, 0.717) is 12.1 Å². The maximum absolute atomic E-state index is 10.8. The monoisotopic (exact) mass is 222 g/mol. The minimum Gasteiger partial charge on any atom is -0.480 e. The van der Waals surface area contributed by atoms with Crippen molar-refractivity contribution >= 4 is 11.9 Å². The van der Waals surface area contributed by atoms with E-state index in [1.807, 2.05) is 0 Å². The predicted molar refractivity (Wildman–Crippen MR) is 58.9 cm³/mol. The molecule has 0 radical (unpaired) electrons. The third-order valence-electron chi connectivity index (χ3n) is 2.22. The van der Waals surface area contributed by atoms with Gasteiger partial charge >= 0.3 is 5.97 Å². The fourth-order valence-electron chi connectivity index (χ4n) is 1.15. The van der Waals surface area contributed by atoms with Crippen molar-refractivity contribution in [2.75, 3.05) is 0 Å². The summed E-state index contributed by atoms with van der Waals surface area (Å²) in [6.45, 7) is 2.01. The quantitative estimate of drug-likeness (QED) is 0.670. The van der Waals surface area contributed by atoms with Crippen LogP contribution in [-0.4, -0.2) is 23.0 Å². The van der Waals surface area contributed by atoms with Gasteiger partial charge in [0.15, 0.2) is 0 Å². The number of benzene rings is 1. The van der Waals surface area contributed by atoms with Gasteiger partial charge in [-0.3, -0.25) is 9.59 Å². The second-order valence-electron chi connectivity index (χ2n) is 3.50. The molecule has 1 amide bonds. The smallest absolute Gasteiger partial charge is 0.320 e. The Bertz CT molecular complexity index is 387. The molecule has 1 rings (SSSR count). The summed E-state index contributed by atoms with van der Waals surface area (Å²) in [6, 6.07) is 6.11. The molecule has 0 aliphatic carbocycles. The van der Waals surface area contributed by atoms with Gasteiger partial charge in [0.05, 0.1) is 0 Å². The van der Waals surface area contributed by atoms with Crippen molar-refractivity contribution in [3.63, 3.8) is 0 Å². The molecule has 0 unspecified atom stereocenters. The van der Waals surface area contributed by atoms with E-state index in [-0.39, 0.29) is 0 Å². The lowest BCUT2D eigenvalue weighted by molar-refractivity contribution is -0.139. The third kappa shape index (κ3) is 3.36. The summed E-state index contributed by atoms with van der Waals surface area (Å²) in [6.07, 6.45) is 0. The Morgan fingerprint density at radius 1 is 1.38 bits per heavy atom. The molecule has 0 saturated carbocycles. The number of rotatable bonds is 5. The van der Waals surface area contributed by atoms with Gasteiger partial charge in [0.25, 0.3) is 0 Å². The first-order chi connectivity index (χ1) is 7.50. The maximum atomic E-state index is 10.8. The molecule has 0 spiro atoms. The minimum atomic E-state index is -0.895. The van der Waals surface area contributed by atoms with Crippen LogP contribution >= 0.6 is 0 Å². The van der Waals surface area contributed by atoms with Crippen LogP contribution in [0.4, 0.5) is 0 Å². The molecule has 0 saturated heterocycles. The number of carbonyl (C=O) groups is 2. The van der Waals surface area contributed by atoms with Crippen molar-refractivity contribution in [3.05, 3.63) is 35.4 Å². The van der Waals surface area contributed by atoms with Crippen LogP contribution in [0, 0.1) is 0 Å².